The van der Waals surface area contributed by atoms with Gasteiger partial charge in [0.1, 0.15) is 5.75 Å². The highest BCUT2D eigenvalue weighted by Gasteiger charge is 2.39. The number of ketones is 1. The Morgan fingerprint density at radius 2 is 1.73 bits per heavy atom. The molecule has 26 heavy (non-hydrogen) atoms. The van der Waals surface area contributed by atoms with Crippen LogP contribution in [0.3, 0.4) is 0 Å². The van der Waals surface area contributed by atoms with Crippen molar-refractivity contribution in [2.24, 2.45) is 5.92 Å². The number of ether oxygens (including phenoxy) is 1. The van der Waals surface area contributed by atoms with E-state index < -0.39 is 24.6 Å². The Kier molecular flexibility index (Phi) is 4.97. The zero-order valence-electron chi connectivity index (χ0n) is 13.6. The summed E-state index contributed by atoms with van der Waals surface area (Å²) >= 11 is 0. The van der Waals surface area contributed by atoms with Crippen molar-refractivity contribution in [1.29, 1.82) is 0 Å². The van der Waals surface area contributed by atoms with Crippen molar-refractivity contribution in [3.63, 3.8) is 0 Å². The minimum Gasteiger partial charge on any atom is -0.434 e. The van der Waals surface area contributed by atoms with Crippen molar-refractivity contribution in [2.75, 3.05) is 0 Å². The molecule has 7 heteroatoms. The molecule has 0 aliphatic carbocycles. The van der Waals surface area contributed by atoms with Gasteiger partial charge in [-0.2, -0.15) is 8.78 Å². The Bertz CT molecular complexity index is 840. The number of nitrogens with one attached hydrogen (secondary N) is 2. The molecule has 2 aromatic carbocycles. The van der Waals surface area contributed by atoms with Crippen molar-refractivity contribution in [3.05, 3.63) is 78.0 Å². The molecule has 134 valence electrons. The van der Waals surface area contributed by atoms with E-state index in [0.717, 1.165) is 0 Å². The van der Waals surface area contributed by atoms with Gasteiger partial charge in [-0.15, -0.1) is 0 Å². The lowest BCUT2D eigenvalue weighted by Crippen LogP contribution is -2.50. The number of urea groups is 1. The first-order valence-corrected chi connectivity index (χ1v) is 7.86. The molecule has 2 aromatic rings. The summed E-state index contributed by atoms with van der Waals surface area (Å²) in [6.07, 6.45) is 0. The van der Waals surface area contributed by atoms with E-state index in [2.05, 4.69) is 21.9 Å². The van der Waals surface area contributed by atoms with E-state index in [-0.39, 0.29) is 22.8 Å². The van der Waals surface area contributed by atoms with Crippen LogP contribution in [0.15, 0.2) is 66.9 Å². The van der Waals surface area contributed by atoms with Gasteiger partial charge in [0.2, 0.25) is 0 Å². The van der Waals surface area contributed by atoms with Gasteiger partial charge in [-0.1, -0.05) is 55.1 Å². The first kappa shape index (κ1) is 17.6. The molecule has 1 aliphatic rings. The van der Waals surface area contributed by atoms with E-state index in [1.165, 1.54) is 18.2 Å². The average Bonchev–Trinajstić information content (AvgIpc) is 2.61. The van der Waals surface area contributed by atoms with Crippen molar-refractivity contribution < 1.29 is 23.1 Å². The highest BCUT2D eigenvalue weighted by atomic mass is 19.3. The third kappa shape index (κ3) is 3.56. The summed E-state index contributed by atoms with van der Waals surface area (Å²) in [5, 5.41) is 5.11. The van der Waals surface area contributed by atoms with Gasteiger partial charge in [-0.05, 0) is 6.07 Å². The highest BCUT2D eigenvalue weighted by molar-refractivity contribution is 6.01. The largest absolute Gasteiger partial charge is 0.434 e. The Balaban J connectivity index is 2.03. The van der Waals surface area contributed by atoms with Crippen LogP contribution in [0.25, 0.3) is 0 Å². The molecule has 0 aromatic heterocycles. The molecule has 2 atom stereocenters. The van der Waals surface area contributed by atoms with Gasteiger partial charge in [-0.3, -0.25) is 4.79 Å². The van der Waals surface area contributed by atoms with Crippen molar-refractivity contribution in [2.45, 2.75) is 12.7 Å². The molecule has 0 unspecified atom stereocenters. The molecule has 0 spiro atoms. The zero-order valence-corrected chi connectivity index (χ0v) is 13.6. The maximum Gasteiger partial charge on any atom is 0.387 e. The van der Waals surface area contributed by atoms with Gasteiger partial charge in [-0.25, -0.2) is 4.79 Å². The van der Waals surface area contributed by atoms with Gasteiger partial charge in [0.05, 0.1) is 12.0 Å². The topological polar surface area (TPSA) is 67.4 Å². The molecule has 2 N–H and O–H groups in total. The van der Waals surface area contributed by atoms with E-state index >= 15 is 0 Å². The predicted octanol–water partition coefficient (Wildman–Crippen LogP) is 3.65. The van der Waals surface area contributed by atoms with Gasteiger partial charge >= 0.3 is 12.6 Å². The lowest BCUT2D eigenvalue weighted by molar-refractivity contribution is -0.0507. The van der Waals surface area contributed by atoms with E-state index in [9.17, 15) is 18.4 Å². The quantitative estimate of drug-likeness (QED) is 0.802. The smallest absolute Gasteiger partial charge is 0.387 e. The summed E-state index contributed by atoms with van der Waals surface area (Å²) in [6, 6.07) is 13.1. The number of hydrogen-bond donors (Lipinski definition) is 2. The molecule has 5 nitrogen and oxygen atoms in total. The molecule has 1 fully saturated rings. The maximum absolute atomic E-state index is 13.0. The number of benzene rings is 2. The lowest BCUT2D eigenvalue weighted by atomic mass is 9.83. The number of Topliss-reactive ketones (excluding diaryl/α,β-unsaturated/α-hetero) is 1. The fourth-order valence-corrected chi connectivity index (χ4v) is 2.98. The number of halogens is 2. The van der Waals surface area contributed by atoms with Crippen LogP contribution >= 0.6 is 0 Å². The highest BCUT2D eigenvalue weighted by Crippen LogP contribution is 2.37. The number of para-hydroxylation sites is 1. The summed E-state index contributed by atoms with van der Waals surface area (Å²) in [4.78, 5) is 24.9. The lowest BCUT2D eigenvalue weighted by Gasteiger charge is -2.34. The van der Waals surface area contributed by atoms with Crippen LogP contribution in [-0.2, 0) is 0 Å². The Morgan fingerprint density at radius 3 is 2.42 bits per heavy atom. The Labute approximate surface area is 148 Å². The van der Waals surface area contributed by atoms with Crippen LogP contribution in [0, 0.1) is 5.92 Å². The zero-order chi connectivity index (χ0) is 18.7. The average molecular weight is 358 g/mol. The van der Waals surface area contributed by atoms with Crippen LogP contribution in [-0.4, -0.2) is 18.4 Å². The van der Waals surface area contributed by atoms with Gasteiger partial charge < -0.3 is 15.4 Å². The van der Waals surface area contributed by atoms with E-state index in [1.54, 1.807) is 36.4 Å². The minimum absolute atomic E-state index is 0.103. The monoisotopic (exact) mass is 358 g/mol. The summed E-state index contributed by atoms with van der Waals surface area (Å²) in [5.74, 6) is -1.27. The third-order valence-electron chi connectivity index (χ3n) is 4.08. The predicted molar refractivity (Wildman–Crippen MR) is 90.9 cm³/mol. The number of alkyl halides is 2. The van der Waals surface area contributed by atoms with Crippen molar-refractivity contribution >= 4 is 11.8 Å². The van der Waals surface area contributed by atoms with Gasteiger partial charge in [0.25, 0.3) is 0 Å². The van der Waals surface area contributed by atoms with Gasteiger partial charge in [0.15, 0.2) is 5.78 Å². The first-order chi connectivity index (χ1) is 12.5. The summed E-state index contributed by atoms with van der Waals surface area (Å²) in [5.41, 5.74) is 0.895. The van der Waals surface area contributed by atoms with Crippen LogP contribution in [0.5, 0.6) is 5.75 Å². The molecule has 0 radical (unpaired) electrons. The molecule has 0 bridgehead atoms. The molecule has 1 aliphatic heterocycles. The number of amides is 2. The number of hydrogen-bond acceptors (Lipinski definition) is 3. The number of carbonyl (C=O) groups excluding carboxylic acids is 2. The standard InChI is InChI=1S/C19H16F2N2O3/c1-11-15(17(24)12-7-3-2-4-8-12)16(23-19(25)22-11)13-9-5-6-10-14(13)26-18(20)21/h2-10,15-16,18H,1H2,(H2,22,23,25)/t15-,16+/m1/s1. The molecule has 3 rings (SSSR count). The van der Waals surface area contributed by atoms with Crippen LogP contribution < -0.4 is 15.4 Å². The van der Waals surface area contributed by atoms with Crippen LogP contribution in [0.1, 0.15) is 22.0 Å². The molecular formula is C19H16F2N2O3. The van der Waals surface area contributed by atoms with Crippen LogP contribution in [0.2, 0.25) is 0 Å². The van der Waals surface area contributed by atoms with Crippen LogP contribution in [0.4, 0.5) is 13.6 Å². The second-order valence-electron chi connectivity index (χ2n) is 5.73. The third-order valence-corrected chi connectivity index (χ3v) is 4.08. The van der Waals surface area contributed by atoms with Crippen molar-refractivity contribution in [3.8, 4) is 5.75 Å². The number of rotatable bonds is 5. The fraction of sp³-hybridized carbons (Fsp3) is 0.158. The summed E-state index contributed by atoms with van der Waals surface area (Å²) in [7, 11) is 0. The van der Waals surface area contributed by atoms with E-state index in [4.69, 9.17) is 0 Å². The normalized spacial score (nSPS) is 19.7. The Hall–Kier alpha value is -3.22. The second kappa shape index (κ2) is 7.35. The maximum atomic E-state index is 13.0. The summed E-state index contributed by atoms with van der Waals surface area (Å²) in [6.45, 7) is 0.749. The molecular weight excluding hydrogens is 342 g/mol. The molecule has 1 saturated heterocycles. The number of carbonyl (C=O) groups is 2. The molecule has 2 amide bonds. The first-order valence-electron chi connectivity index (χ1n) is 7.86. The minimum atomic E-state index is -3.03. The molecule has 0 saturated carbocycles. The molecule has 1 heterocycles. The second-order valence-corrected chi connectivity index (χ2v) is 5.73. The fourth-order valence-electron chi connectivity index (χ4n) is 2.98. The van der Waals surface area contributed by atoms with Crippen molar-refractivity contribution in [1.82, 2.24) is 10.6 Å². The van der Waals surface area contributed by atoms with E-state index in [0.29, 0.717) is 5.56 Å². The van der Waals surface area contributed by atoms with E-state index in [1.807, 2.05) is 0 Å². The SMILES string of the molecule is C=C1NC(=O)N[C@@H](c2ccccc2OC(F)F)[C@@H]1C(=O)c1ccccc1. The summed E-state index contributed by atoms with van der Waals surface area (Å²) < 4.78 is 30.0. The Morgan fingerprint density at radius 1 is 1.08 bits per heavy atom. The van der Waals surface area contributed by atoms with Gasteiger partial charge in [0, 0.05) is 16.8 Å².